The van der Waals surface area contributed by atoms with Crippen LogP contribution in [0.25, 0.3) is 6.08 Å². The normalized spacial score (nSPS) is 13.4. The summed E-state index contributed by atoms with van der Waals surface area (Å²) in [5.74, 6) is -0.0801. The summed E-state index contributed by atoms with van der Waals surface area (Å²) in [6.45, 7) is 5.09. The van der Waals surface area contributed by atoms with Gasteiger partial charge in [0, 0.05) is 12.6 Å². The Morgan fingerprint density at radius 2 is 1.88 bits per heavy atom. The van der Waals surface area contributed by atoms with Gasteiger partial charge in [0.2, 0.25) is 5.91 Å². The number of aliphatic hydroxyl groups is 1. The molecule has 0 saturated heterocycles. The van der Waals surface area contributed by atoms with Gasteiger partial charge in [-0.2, -0.15) is 0 Å². The first-order valence-corrected chi connectivity index (χ1v) is 5.23. The van der Waals surface area contributed by atoms with Crippen LogP contribution in [-0.2, 0) is 4.79 Å². The van der Waals surface area contributed by atoms with Crippen molar-refractivity contribution in [1.82, 2.24) is 0 Å². The van der Waals surface area contributed by atoms with E-state index in [4.69, 9.17) is 0 Å². The molecule has 1 unspecified atom stereocenters. The van der Waals surface area contributed by atoms with E-state index in [0.29, 0.717) is 0 Å². The van der Waals surface area contributed by atoms with Crippen LogP contribution in [0.2, 0.25) is 0 Å². The number of carbonyl (C=O) groups excluding carboxylic acids is 1. The second-order valence-electron chi connectivity index (χ2n) is 3.87. The molecule has 0 aliphatic rings. The molecule has 1 rings (SSSR count). The van der Waals surface area contributed by atoms with E-state index in [1.54, 1.807) is 6.92 Å². The predicted molar refractivity (Wildman–Crippen MR) is 66.1 cm³/mol. The lowest BCUT2D eigenvalue weighted by Crippen LogP contribution is -2.05. The summed E-state index contributed by atoms with van der Waals surface area (Å²) in [6, 6.07) is 7.47. The minimum absolute atomic E-state index is 0.0801. The van der Waals surface area contributed by atoms with Crippen molar-refractivity contribution < 1.29 is 9.90 Å². The Balaban J connectivity index is 2.79. The minimum atomic E-state index is -0.435. The third kappa shape index (κ3) is 3.87. The fourth-order valence-electron chi connectivity index (χ4n) is 1.25. The maximum Gasteiger partial charge on any atom is 0.221 e. The van der Waals surface area contributed by atoms with Crippen molar-refractivity contribution in [2.75, 3.05) is 5.32 Å². The van der Waals surface area contributed by atoms with Crippen molar-refractivity contribution >= 4 is 17.7 Å². The SMILES string of the molecule is CC(=O)Nc1ccc(/C=C(\C)C(C)O)cc1. The van der Waals surface area contributed by atoms with Crippen LogP contribution >= 0.6 is 0 Å². The van der Waals surface area contributed by atoms with Crippen LogP contribution < -0.4 is 5.32 Å². The molecule has 0 radical (unpaired) electrons. The molecule has 2 N–H and O–H groups in total. The molecule has 0 bridgehead atoms. The van der Waals surface area contributed by atoms with Gasteiger partial charge in [0.15, 0.2) is 0 Å². The molecule has 0 heterocycles. The largest absolute Gasteiger partial charge is 0.389 e. The van der Waals surface area contributed by atoms with Gasteiger partial charge in [0.25, 0.3) is 0 Å². The molecule has 86 valence electrons. The van der Waals surface area contributed by atoms with Crippen molar-refractivity contribution in [3.8, 4) is 0 Å². The quantitative estimate of drug-likeness (QED) is 0.820. The smallest absolute Gasteiger partial charge is 0.221 e. The van der Waals surface area contributed by atoms with Gasteiger partial charge in [-0.3, -0.25) is 4.79 Å². The van der Waals surface area contributed by atoms with Crippen LogP contribution in [0, 0.1) is 0 Å². The van der Waals surface area contributed by atoms with Crippen LogP contribution in [0.4, 0.5) is 5.69 Å². The van der Waals surface area contributed by atoms with E-state index in [0.717, 1.165) is 16.8 Å². The zero-order valence-electron chi connectivity index (χ0n) is 9.82. The molecule has 0 aliphatic carbocycles. The molecule has 16 heavy (non-hydrogen) atoms. The monoisotopic (exact) mass is 219 g/mol. The maximum atomic E-state index is 10.8. The molecule has 0 spiro atoms. The van der Waals surface area contributed by atoms with E-state index < -0.39 is 6.10 Å². The van der Waals surface area contributed by atoms with Crippen LogP contribution in [0.5, 0.6) is 0 Å². The van der Waals surface area contributed by atoms with Crippen molar-refractivity contribution in [3.63, 3.8) is 0 Å². The Labute approximate surface area is 95.8 Å². The average Bonchev–Trinajstić information content (AvgIpc) is 2.20. The second kappa shape index (κ2) is 5.47. The lowest BCUT2D eigenvalue weighted by atomic mass is 10.1. The summed E-state index contributed by atoms with van der Waals surface area (Å²) in [4.78, 5) is 10.8. The molecular weight excluding hydrogens is 202 g/mol. The van der Waals surface area contributed by atoms with Gasteiger partial charge in [-0.1, -0.05) is 18.2 Å². The fourth-order valence-corrected chi connectivity index (χ4v) is 1.25. The number of aliphatic hydroxyl groups excluding tert-OH is 1. The Morgan fingerprint density at radius 3 is 2.31 bits per heavy atom. The minimum Gasteiger partial charge on any atom is -0.389 e. The van der Waals surface area contributed by atoms with E-state index in [1.807, 2.05) is 37.3 Å². The zero-order valence-corrected chi connectivity index (χ0v) is 9.82. The molecular formula is C13H17NO2. The topological polar surface area (TPSA) is 49.3 Å². The van der Waals surface area contributed by atoms with Crippen LogP contribution in [0.15, 0.2) is 29.8 Å². The first-order valence-electron chi connectivity index (χ1n) is 5.23. The summed E-state index contributed by atoms with van der Waals surface area (Å²) in [7, 11) is 0. The highest BCUT2D eigenvalue weighted by atomic mass is 16.3. The third-order valence-corrected chi connectivity index (χ3v) is 2.28. The van der Waals surface area contributed by atoms with Gasteiger partial charge in [-0.15, -0.1) is 0 Å². The number of amides is 1. The van der Waals surface area contributed by atoms with E-state index in [1.165, 1.54) is 6.92 Å². The summed E-state index contributed by atoms with van der Waals surface area (Å²) in [6.07, 6.45) is 1.48. The number of anilines is 1. The lowest BCUT2D eigenvalue weighted by Gasteiger charge is -2.05. The maximum absolute atomic E-state index is 10.8. The fraction of sp³-hybridized carbons (Fsp3) is 0.308. The van der Waals surface area contributed by atoms with E-state index in [-0.39, 0.29) is 5.91 Å². The van der Waals surface area contributed by atoms with E-state index >= 15 is 0 Å². The van der Waals surface area contributed by atoms with Gasteiger partial charge >= 0.3 is 0 Å². The molecule has 0 aromatic heterocycles. The van der Waals surface area contributed by atoms with Gasteiger partial charge in [-0.25, -0.2) is 0 Å². The standard InChI is InChI=1S/C13H17NO2/c1-9(10(2)15)8-12-4-6-13(7-5-12)14-11(3)16/h4-8,10,15H,1-3H3,(H,14,16)/b9-8+. The first kappa shape index (κ1) is 12.5. The van der Waals surface area contributed by atoms with Gasteiger partial charge < -0.3 is 10.4 Å². The lowest BCUT2D eigenvalue weighted by molar-refractivity contribution is -0.114. The number of carbonyl (C=O) groups is 1. The summed E-state index contributed by atoms with van der Waals surface area (Å²) >= 11 is 0. The Morgan fingerprint density at radius 1 is 1.31 bits per heavy atom. The zero-order chi connectivity index (χ0) is 12.1. The molecule has 0 saturated carbocycles. The van der Waals surface area contributed by atoms with Crippen molar-refractivity contribution in [2.24, 2.45) is 0 Å². The molecule has 0 fully saturated rings. The number of rotatable bonds is 3. The average molecular weight is 219 g/mol. The summed E-state index contributed by atoms with van der Waals surface area (Å²) < 4.78 is 0. The summed E-state index contributed by atoms with van der Waals surface area (Å²) in [5, 5.41) is 12.0. The highest BCUT2D eigenvalue weighted by molar-refractivity contribution is 5.88. The number of nitrogens with one attached hydrogen (secondary N) is 1. The second-order valence-corrected chi connectivity index (χ2v) is 3.87. The van der Waals surface area contributed by atoms with Gasteiger partial charge in [0.05, 0.1) is 6.10 Å². The van der Waals surface area contributed by atoms with E-state index in [9.17, 15) is 9.90 Å². The van der Waals surface area contributed by atoms with Crippen LogP contribution in [-0.4, -0.2) is 17.1 Å². The number of hydrogen-bond donors (Lipinski definition) is 2. The van der Waals surface area contributed by atoms with Crippen molar-refractivity contribution in [2.45, 2.75) is 26.9 Å². The first-order chi connectivity index (χ1) is 7.49. The van der Waals surface area contributed by atoms with Crippen LogP contribution in [0.1, 0.15) is 26.3 Å². The van der Waals surface area contributed by atoms with Crippen molar-refractivity contribution in [3.05, 3.63) is 35.4 Å². The molecule has 1 aromatic rings. The number of benzene rings is 1. The number of hydrogen-bond acceptors (Lipinski definition) is 2. The van der Waals surface area contributed by atoms with Crippen LogP contribution in [0.3, 0.4) is 0 Å². The van der Waals surface area contributed by atoms with Crippen molar-refractivity contribution in [1.29, 1.82) is 0 Å². The molecule has 1 atom stereocenters. The molecule has 1 amide bonds. The molecule has 3 heteroatoms. The Hall–Kier alpha value is -1.61. The summed E-state index contributed by atoms with van der Waals surface area (Å²) in [5.41, 5.74) is 2.69. The van der Waals surface area contributed by atoms with E-state index in [2.05, 4.69) is 5.32 Å². The molecule has 3 nitrogen and oxygen atoms in total. The predicted octanol–water partition coefficient (Wildman–Crippen LogP) is 2.43. The highest BCUT2D eigenvalue weighted by Gasteiger charge is 1.99. The van der Waals surface area contributed by atoms with Gasteiger partial charge in [0.1, 0.15) is 0 Å². The third-order valence-electron chi connectivity index (χ3n) is 2.28. The molecule has 0 aliphatic heterocycles. The Bertz CT molecular complexity index is 391. The Kier molecular flexibility index (Phi) is 4.26. The molecule has 1 aromatic carbocycles. The van der Waals surface area contributed by atoms with Gasteiger partial charge in [-0.05, 0) is 37.1 Å². The highest BCUT2D eigenvalue weighted by Crippen LogP contribution is 2.13.